The quantitative estimate of drug-likeness (QED) is 0.440. The number of carbonyl (C=O) groups excluding carboxylic acids is 2. The van der Waals surface area contributed by atoms with Crippen LogP contribution in [0.1, 0.15) is 20.0 Å². The number of carbonyl (C=O) groups is 2. The van der Waals surface area contributed by atoms with Gasteiger partial charge in [-0.1, -0.05) is 0 Å². The van der Waals surface area contributed by atoms with Crippen LogP contribution in [-0.2, 0) is 4.74 Å². The van der Waals surface area contributed by atoms with Crippen LogP contribution < -0.4 is 0 Å². The minimum absolute atomic E-state index is 0.141. The van der Waals surface area contributed by atoms with Crippen molar-refractivity contribution in [1.82, 2.24) is 0 Å². The summed E-state index contributed by atoms with van der Waals surface area (Å²) < 4.78 is 4.93. The summed E-state index contributed by atoms with van der Waals surface area (Å²) in [4.78, 5) is 23.6. The number of hydrogen-bond acceptors (Lipinski definition) is 4. The van der Waals surface area contributed by atoms with Crippen molar-refractivity contribution >= 4 is 22.9 Å². The molecule has 2 aliphatic rings. The fourth-order valence-corrected chi connectivity index (χ4v) is 2.40. The SMILES string of the molecule is O=C1c2ccsc2C(=O)C12CO2. The first-order valence-corrected chi connectivity index (χ1v) is 4.45. The van der Waals surface area contributed by atoms with E-state index in [1.165, 1.54) is 11.3 Å². The summed E-state index contributed by atoms with van der Waals surface area (Å²) >= 11 is 1.32. The highest BCUT2D eigenvalue weighted by Crippen LogP contribution is 2.43. The molecule has 0 N–H and O–H groups in total. The minimum atomic E-state index is -1.07. The highest BCUT2D eigenvalue weighted by molar-refractivity contribution is 7.13. The van der Waals surface area contributed by atoms with Gasteiger partial charge in [0.1, 0.15) is 0 Å². The average molecular weight is 180 g/mol. The van der Waals surface area contributed by atoms with Crippen LogP contribution in [0.4, 0.5) is 0 Å². The molecule has 0 bridgehead atoms. The Morgan fingerprint density at radius 2 is 2.17 bits per heavy atom. The minimum Gasteiger partial charge on any atom is -0.353 e. The zero-order valence-corrected chi connectivity index (χ0v) is 6.81. The van der Waals surface area contributed by atoms with E-state index in [9.17, 15) is 9.59 Å². The zero-order valence-electron chi connectivity index (χ0n) is 5.99. The third-order valence-electron chi connectivity index (χ3n) is 2.28. The van der Waals surface area contributed by atoms with E-state index in [-0.39, 0.29) is 18.2 Å². The molecule has 1 unspecified atom stereocenters. The van der Waals surface area contributed by atoms with E-state index in [0.29, 0.717) is 10.4 Å². The predicted octanol–water partition coefficient (Wildman–Crippen LogP) is 0.896. The zero-order chi connectivity index (χ0) is 8.34. The van der Waals surface area contributed by atoms with Crippen molar-refractivity contribution in [3.63, 3.8) is 0 Å². The van der Waals surface area contributed by atoms with E-state index in [1.54, 1.807) is 11.4 Å². The number of ether oxygens (including phenoxy) is 1. The second kappa shape index (κ2) is 1.67. The Morgan fingerprint density at radius 1 is 1.42 bits per heavy atom. The van der Waals surface area contributed by atoms with Gasteiger partial charge in [0.05, 0.1) is 11.5 Å². The van der Waals surface area contributed by atoms with E-state index in [4.69, 9.17) is 4.74 Å². The van der Waals surface area contributed by atoms with E-state index in [2.05, 4.69) is 0 Å². The van der Waals surface area contributed by atoms with Gasteiger partial charge in [-0.25, -0.2) is 0 Å². The average Bonchev–Trinajstić information content (AvgIpc) is 2.69. The fourth-order valence-electron chi connectivity index (χ4n) is 1.50. The summed E-state index contributed by atoms with van der Waals surface area (Å²) in [6, 6.07) is 1.69. The largest absolute Gasteiger partial charge is 0.353 e. The molecule has 2 heterocycles. The van der Waals surface area contributed by atoms with Crippen molar-refractivity contribution in [1.29, 1.82) is 0 Å². The molecule has 1 atom stereocenters. The van der Waals surface area contributed by atoms with Crippen molar-refractivity contribution in [3.05, 3.63) is 21.9 Å². The van der Waals surface area contributed by atoms with Gasteiger partial charge >= 0.3 is 0 Å². The monoisotopic (exact) mass is 180 g/mol. The number of rotatable bonds is 0. The van der Waals surface area contributed by atoms with Crippen LogP contribution in [-0.4, -0.2) is 23.8 Å². The molecule has 60 valence electrons. The second-order valence-electron chi connectivity index (χ2n) is 2.94. The molecule has 4 heteroatoms. The number of epoxide rings is 1. The first-order valence-electron chi connectivity index (χ1n) is 3.57. The molecular formula is C8H4O3S. The van der Waals surface area contributed by atoms with Crippen molar-refractivity contribution in [3.8, 4) is 0 Å². The van der Waals surface area contributed by atoms with Gasteiger partial charge in [-0.2, -0.15) is 0 Å². The van der Waals surface area contributed by atoms with Crippen molar-refractivity contribution in [2.45, 2.75) is 5.60 Å². The predicted molar refractivity (Wildman–Crippen MR) is 41.7 cm³/mol. The van der Waals surface area contributed by atoms with Crippen LogP contribution >= 0.6 is 11.3 Å². The van der Waals surface area contributed by atoms with Gasteiger partial charge in [0.15, 0.2) is 0 Å². The lowest BCUT2D eigenvalue weighted by Crippen LogP contribution is -2.25. The molecular weight excluding hydrogens is 176 g/mol. The first-order chi connectivity index (χ1) is 5.76. The van der Waals surface area contributed by atoms with Gasteiger partial charge in [-0.15, -0.1) is 11.3 Å². The highest BCUT2D eigenvalue weighted by atomic mass is 32.1. The Labute approximate surface area is 72.0 Å². The van der Waals surface area contributed by atoms with Crippen LogP contribution in [0.5, 0.6) is 0 Å². The summed E-state index contributed by atoms with van der Waals surface area (Å²) in [5, 5.41) is 1.76. The lowest BCUT2D eigenvalue weighted by atomic mass is 10.1. The Bertz CT molecular complexity index is 368. The molecule has 3 rings (SSSR count). The number of hydrogen-bond donors (Lipinski definition) is 0. The van der Waals surface area contributed by atoms with Gasteiger partial charge in [-0.05, 0) is 11.4 Å². The first kappa shape index (κ1) is 6.51. The molecule has 1 spiro atoms. The van der Waals surface area contributed by atoms with Gasteiger partial charge in [0, 0.05) is 5.56 Å². The molecule has 0 saturated carbocycles. The van der Waals surface area contributed by atoms with Crippen molar-refractivity contribution < 1.29 is 14.3 Å². The fraction of sp³-hybridized carbons (Fsp3) is 0.250. The molecule has 1 aliphatic carbocycles. The van der Waals surface area contributed by atoms with Crippen LogP contribution in [0.3, 0.4) is 0 Å². The molecule has 0 radical (unpaired) electrons. The third kappa shape index (κ3) is 0.498. The smallest absolute Gasteiger partial charge is 0.218 e. The van der Waals surface area contributed by atoms with E-state index >= 15 is 0 Å². The number of Topliss-reactive ketones (excluding diaryl/α,β-unsaturated/α-hetero) is 2. The number of thiophene rings is 1. The summed E-state index contributed by atoms with van der Waals surface area (Å²) in [5.74, 6) is -0.291. The van der Waals surface area contributed by atoms with Gasteiger partial charge in [0.2, 0.25) is 17.2 Å². The summed E-state index contributed by atoms with van der Waals surface area (Å²) in [5.41, 5.74) is -0.523. The second-order valence-corrected chi connectivity index (χ2v) is 3.85. The number of fused-ring (bicyclic) bond motifs is 1. The van der Waals surface area contributed by atoms with Crippen LogP contribution in [0.2, 0.25) is 0 Å². The summed E-state index contributed by atoms with van der Waals surface area (Å²) in [6.07, 6.45) is 0. The molecule has 1 fully saturated rings. The molecule has 1 aliphatic heterocycles. The molecule has 1 aromatic heterocycles. The topological polar surface area (TPSA) is 46.7 Å². The summed E-state index contributed by atoms with van der Waals surface area (Å²) in [6.45, 7) is 0.270. The van der Waals surface area contributed by atoms with E-state index in [0.717, 1.165) is 0 Å². The maximum Gasteiger partial charge on any atom is 0.218 e. The standard InChI is InChI=1S/C8H4O3S/c9-6-4-1-2-12-5(4)7(10)8(6)3-11-8/h1-2H,3H2. The lowest BCUT2D eigenvalue weighted by molar-refractivity contribution is 0.0786. The van der Waals surface area contributed by atoms with Crippen molar-refractivity contribution in [2.75, 3.05) is 6.61 Å². The van der Waals surface area contributed by atoms with Crippen molar-refractivity contribution in [2.24, 2.45) is 0 Å². The highest BCUT2D eigenvalue weighted by Gasteiger charge is 2.64. The van der Waals surface area contributed by atoms with E-state index < -0.39 is 5.60 Å². The van der Waals surface area contributed by atoms with Crippen LogP contribution in [0, 0.1) is 0 Å². The van der Waals surface area contributed by atoms with Gasteiger partial charge < -0.3 is 4.74 Å². The molecule has 0 aromatic carbocycles. The molecule has 1 saturated heterocycles. The molecule has 0 amide bonds. The summed E-state index contributed by atoms with van der Waals surface area (Å²) in [7, 11) is 0. The maximum atomic E-state index is 11.5. The third-order valence-corrected chi connectivity index (χ3v) is 3.20. The Morgan fingerprint density at radius 3 is 2.75 bits per heavy atom. The van der Waals surface area contributed by atoms with Crippen LogP contribution in [0.15, 0.2) is 11.4 Å². The maximum absolute atomic E-state index is 11.5. The molecule has 1 aromatic rings. The number of ketones is 2. The van der Waals surface area contributed by atoms with Crippen LogP contribution in [0.25, 0.3) is 0 Å². The normalized spacial score (nSPS) is 31.3. The van der Waals surface area contributed by atoms with E-state index in [1.807, 2.05) is 0 Å². The lowest BCUT2D eigenvalue weighted by Gasteiger charge is -1.94. The molecule has 3 nitrogen and oxygen atoms in total. The van der Waals surface area contributed by atoms with Gasteiger partial charge in [0.25, 0.3) is 0 Å². The van der Waals surface area contributed by atoms with Gasteiger partial charge in [-0.3, -0.25) is 9.59 Å². The Balaban J connectivity index is 2.30. The molecule has 12 heavy (non-hydrogen) atoms. The Hall–Kier alpha value is -1.00. The Kier molecular flexibility index (Phi) is 0.908.